The Bertz CT molecular complexity index is 1100. The summed E-state index contributed by atoms with van der Waals surface area (Å²) in [6.07, 6.45) is 9.75. The average Bonchev–Trinajstić information content (AvgIpc) is 3.36. The van der Waals surface area contributed by atoms with Gasteiger partial charge in [-0.15, -0.1) is 0 Å². The highest BCUT2D eigenvalue weighted by Crippen LogP contribution is 2.39. The molecule has 0 bridgehead atoms. The van der Waals surface area contributed by atoms with Crippen molar-refractivity contribution in [2.24, 2.45) is 5.73 Å². The Balaban J connectivity index is 1.70. The fourth-order valence-corrected chi connectivity index (χ4v) is 4.27. The Hall–Kier alpha value is -2.99. The van der Waals surface area contributed by atoms with Crippen LogP contribution >= 0.6 is 0 Å². The first kappa shape index (κ1) is 17.1. The number of fused-ring (bicyclic) bond motifs is 1. The third-order valence-electron chi connectivity index (χ3n) is 5.76. The van der Waals surface area contributed by atoms with Crippen LogP contribution in [-0.2, 0) is 0 Å². The van der Waals surface area contributed by atoms with E-state index >= 15 is 0 Å². The number of benzene rings is 1. The molecule has 5 nitrogen and oxygen atoms in total. The molecule has 1 saturated carbocycles. The van der Waals surface area contributed by atoms with Crippen LogP contribution in [0.15, 0.2) is 55.1 Å². The molecule has 28 heavy (non-hydrogen) atoms. The molecule has 0 amide bonds. The summed E-state index contributed by atoms with van der Waals surface area (Å²) in [6, 6.07) is 11.3. The van der Waals surface area contributed by atoms with E-state index in [1.54, 1.807) is 12.1 Å². The van der Waals surface area contributed by atoms with Crippen LogP contribution in [0.4, 0.5) is 4.39 Å². The lowest BCUT2D eigenvalue weighted by Gasteiger charge is -2.28. The van der Waals surface area contributed by atoms with E-state index in [1.165, 1.54) is 12.1 Å². The third-order valence-corrected chi connectivity index (χ3v) is 5.76. The van der Waals surface area contributed by atoms with E-state index in [9.17, 15) is 4.39 Å². The Morgan fingerprint density at radius 1 is 1.00 bits per heavy atom. The molecule has 3 heterocycles. The molecule has 1 fully saturated rings. The number of aromatic nitrogens is 4. The number of nitrogens with zero attached hydrogens (tertiary/aromatic N) is 3. The Labute approximate surface area is 162 Å². The fourth-order valence-electron chi connectivity index (χ4n) is 4.27. The second kappa shape index (κ2) is 6.87. The molecule has 1 aromatic carbocycles. The lowest BCUT2D eigenvalue weighted by molar-refractivity contribution is 0.325. The summed E-state index contributed by atoms with van der Waals surface area (Å²) in [6.45, 7) is 0. The maximum absolute atomic E-state index is 13.5. The highest BCUT2D eigenvalue weighted by atomic mass is 19.1. The Kier molecular flexibility index (Phi) is 4.20. The van der Waals surface area contributed by atoms with E-state index in [1.807, 2.05) is 30.9 Å². The van der Waals surface area contributed by atoms with Gasteiger partial charge in [0.25, 0.3) is 0 Å². The van der Waals surface area contributed by atoms with Gasteiger partial charge in [0.05, 0.1) is 17.7 Å². The Morgan fingerprint density at radius 2 is 1.79 bits per heavy atom. The summed E-state index contributed by atoms with van der Waals surface area (Å²) in [5.41, 5.74) is 10.9. The molecule has 4 aromatic rings. The molecule has 3 N–H and O–H groups in total. The van der Waals surface area contributed by atoms with E-state index in [-0.39, 0.29) is 11.9 Å². The van der Waals surface area contributed by atoms with Crippen molar-refractivity contribution in [1.29, 1.82) is 0 Å². The molecule has 0 unspecified atom stereocenters. The van der Waals surface area contributed by atoms with Gasteiger partial charge in [-0.05, 0) is 62.1 Å². The van der Waals surface area contributed by atoms with Gasteiger partial charge in [0.2, 0.25) is 0 Å². The molecule has 6 heteroatoms. The van der Waals surface area contributed by atoms with Gasteiger partial charge in [-0.25, -0.2) is 14.4 Å². The van der Waals surface area contributed by atoms with Crippen LogP contribution in [-0.4, -0.2) is 25.6 Å². The molecule has 0 spiro atoms. The largest absolute Gasteiger partial charge is 0.346 e. The number of nitrogens with two attached hydrogens (primary N) is 1. The van der Waals surface area contributed by atoms with E-state index in [0.29, 0.717) is 6.04 Å². The highest BCUT2D eigenvalue weighted by molar-refractivity contribution is 5.95. The molecule has 1 aliphatic rings. The van der Waals surface area contributed by atoms with Crippen LogP contribution in [0, 0.1) is 5.82 Å². The summed E-state index contributed by atoms with van der Waals surface area (Å²) in [4.78, 5) is 12.4. The van der Waals surface area contributed by atoms with Crippen molar-refractivity contribution in [2.45, 2.75) is 37.8 Å². The number of hydrogen-bond acceptors (Lipinski definition) is 3. The molecule has 1 aliphatic carbocycles. The number of rotatable bonds is 3. The molecule has 0 saturated heterocycles. The molecule has 3 aromatic heterocycles. The maximum atomic E-state index is 13.5. The quantitative estimate of drug-likeness (QED) is 0.546. The van der Waals surface area contributed by atoms with Gasteiger partial charge in [-0.1, -0.05) is 0 Å². The van der Waals surface area contributed by atoms with E-state index in [4.69, 9.17) is 10.7 Å². The number of imidazole rings is 1. The third kappa shape index (κ3) is 2.90. The van der Waals surface area contributed by atoms with Crippen molar-refractivity contribution in [3.8, 4) is 22.5 Å². The SMILES string of the molecule is N[C@H]1CC[C@@H](n2cnc(-c3ccc(F)cc3)c2-c2ccnc3[nH]ccc23)CC1. The summed E-state index contributed by atoms with van der Waals surface area (Å²) in [5.74, 6) is -0.247. The second-order valence-corrected chi connectivity index (χ2v) is 7.52. The average molecular weight is 375 g/mol. The predicted molar refractivity (Wildman–Crippen MR) is 108 cm³/mol. The number of H-pyrrole nitrogens is 1. The molecular weight excluding hydrogens is 353 g/mol. The van der Waals surface area contributed by atoms with Gasteiger partial charge < -0.3 is 15.3 Å². The monoisotopic (exact) mass is 375 g/mol. The van der Waals surface area contributed by atoms with Crippen molar-refractivity contribution < 1.29 is 4.39 Å². The smallest absolute Gasteiger partial charge is 0.137 e. The highest BCUT2D eigenvalue weighted by Gasteiger charge is 2.25. The molecular formula is C22H22FN5. The molecule has 0 aliphatic heterocycles. The van der Waals surface area contributed by atoms with Gasteiger partial charge in [-0.2, -0.15) is 0 Å². The van der Waals surface area contributed by atoms with Crippen LogP contribution in [0.5, 0.6) is 0 Å². The maximum Gasteiger partial charge on any atom is 0.137 e. The number of halogens is 1. The van der Waals surface area contributed by atoms with Crippen molar-refractivity contribution in [3.63, 3.8) is 0 Å². The number of hydrogen-bond donors (Lipinski definition) is 2. The topological polar surface area (TPSA) is 72.5 Å². The van der Waals surface area contributed by atoms with E-state index < -0.39 is 0 Å². The van der Waals surface area contributed by atoms with Crippen molar-refractivity contribution in [3.05, 3.63) is 60.9 Å². The summed E-state index contributed by atoms with van der Waals surface area (Å²) >= 11 is 0. The molecule has 0 radical (unpaired) electrons. The minimum atomic E-state index is -0.247. The van der Waals surface area contributed by atoms with Crippen LogP contribution in [0.1, 0.15) is 31.7 Å². The van der Waals surface area contributed by atoms with E-state index in [0.717, 1.165) is 59.2 Å². The molecule has 5 rings (SSSR count). The lowest BCUT2D eigenvalue weighted by Crippen LogP contribution is -2.27. The zero-order valence-corrected chi connectivity index (χ0v) is 15.5. The number of nitrogens with one attached hydrogen (secondary N) is 1. The standard InChI is InChI=1S/C22H22FN5/c23-15-3-1-14(2-4-15)20-21(18-9-11-25-22-19(18)10-12-26-22)28(13-27-20)17-7-5-16(24)6-8-17/h1-4,9-13,16-17H,5-8,24H2,(H,25,26)/t16-,17+. The first-order valence-electron chi connectivity index (χ1n) is 9.71. The number of aromatic amines is 1. The molecule has 0 atom stereocenters. The Morgan fingerprint density at radius 3 is 2.57 bits per heavy atom. The zero-order valence-electron chi connectivity index (χ0n) is 15.5. The minimum absolute atomic E-state index is 0.247. The first-order chi connectivity index (χ1) is 13.7. The molecule has 142 valence electrons. The van der Waals surface area contributed by atoms with Crippen LogP contribution in [0.25, 0.3) is 33.5 Å². The van der Waals surface area contributed by atoms with Crippen molar-refractivity contribution in [2.75, 3.05) is 0 Å². The predicted octanol–water partition coefficient (Wildman–Crippen LogP) is 4.67. The minimum Gasteiger partial charge on any atom is -0.346 e. The zero-order chi connectivity index (χ0) is 19.1. The van der Waals surface area contributed by atoms with E-state index in [2.05, 4.69) is 14.5 Å². The van der Waals surface area contributed by atoms with Gasteiger partial charge in [0.15, 0.2) is 0 Å². The lowest BCUT2D eigenvalue weighted by atomic mass is 9.91. The fraction of sp³-hybridized carbons (Fsp3) is 0.273. The van der Waals surface area contributed by atoms with Gasteiger partial charge in [-0.3, -0.25) is 0 Å². The van der Waals surface area contributed by atoms with Gasteiger partial charge in [0, 0.05) is 41.0 Å². The van der Waals surface area contributed by atoms with Crippen molar-refractivity contribution >= 4 is 11.0 Å². The summed E-state index contributed by atoms with van der Waals surface area (Å²) in [7, 11) is 0. The van der Waals surface area contributed by atoms with Gasteiger partial charge >= 0.3 is 0 Å². The van der Waals surface area contributed by atoms with Gasteiger partial charge in [0.1, 0.15) is 11.5 Å². The van der Waals surface area contributed by atoms with Crippen LogP contribution in [0.3, 0.4) is 0 Å². The summed E-state index contributed by atoms with van der Waals surface area (Å²) < 4.78 is 15.8. The normalized spacial score (nSPS) is 19.9. The van der Waals surface area contributed by atoms with Crippen LogP contribution < -0.4 is 5.73 Å². The second-order valence-electron chi connectivity index (χ2n) is 7.52. The number of pyridine rings is 1. The van der Waals surface area contributed by atoms with Crippen LogP contribution in [0.2, 0.25) is 0 Å². The van der Waals surface area contributed by atoms with Crippen molar-refractivity contribution in [1.82, 2.24) is 19.5 Å². The first-order valence-corrected chi connectivity index (χ1v) is 9.71. The summed E-state index contributed by atoms with van der Waals surface area (Å²) in [5, 5.41) is 1.06.